The van der Waals surface area contributed by atoms with Gasteiger partial charge in [-0.25, -0.2) is 4.79 Å². The van der Waals surface area contributed by atoms with Crippen LogP contribution in [0.4, 0.5) is 0 Å². The van der Waals surface area contributed by atoms with Crippen molar-refractivity contribution < 1.29 is 19.5 Å². The lowest BCUT2D eigenvalue weighted by molar-refractivity contribution is -0.144. The van der Waals surface area contributed by atoms with Gasteiger partial charge in [-0.05, 0) is 5.56 Å². The number of nitrogens with one attached hydrogen (secondary N) is 2. The Bertz CT molecular complexity index is 430. The van der Waals surface area contributed by atoms with Gasteiger partial charge in [0.2, 0.25) is 0 Å². The second-order valence-corrected chi connectivity index (χ2v) is 3.23. The molecule has 6 heteroatoms. The van der Waals surface area contributed by atoms with Crippen LogP contribution in [0.15, 0.2) is 30.3 Å². The van der Waals surface area contributed by atoms with E-state index in [2.05, 4.69) is 10.6 Å². The summed E-state index contributed by atoms with van der Waals surface area (Å²) in [5.41, 5.74) is 0.400. The Morgan fingerprint density at radius 1 is 1.12 bits per heavy atom. The molecule has 0 saturated heterocycles. The molecule has 0 unspecified atom stereocenters. The van der Waals surface area contributed by atoms with Crippen LogP contribution in [0.5, 0.6) is 0 Å². The SMILES string of the molecule is CNC(=O)C(=O)N[C@H](C(=O)O)c1ccccc1. The van der Waals surface area contributed by atoms with E-state index in [1.165, 1.54) is 7.05 Å². The number of carbonyl (C=O) groups is 3. The van der Waals surface area contributed by atoms with Crippen LogP contribution in [0.1, 0.15) is 11.6 Å². The lowest BCUT2D eigenvalue weighted by Gasteiger charge is -2.13. The molecular formula is C11H12N2O4. The Kier molecular flexibility index (Phi) is 4.21. The van der Waals surface area contributed by atoms with Crippen molar-refractivity contribution in [2.24, 2.45) is 0 Å². The first-order chi connectivity index (χ1) is 8.06. The topological polar surface area (TPSA) is 95.5 Å². The van der Waals surface area contributed by atoms with Gasteiger partial charge in [0, 0.05) is 7.05 Å². The van der Waals surface area contributed by atoms with Crippen LogP contribution >= 0.6 is 0 Å². The van der Waals surface area contributed by atoms with E-state index in [9.17, 15) is 14.4 Å². The summed E-state index contributed by atoms with van der Waals surface area (Å²) < 4.78 is 0. The highest BCUT2D eigenvalue weighted by atomic mass is 16.4. The molecule has 0 aliphatic heterocycles. The van der Waals surface area contributed by atoms with Gasteiger partial charge < -0.3 is 15.7 Å². The van der Waals surface area contributed by atoms with E-state index < -0.39 is 23.8 Å². The number of hydrogen-bond donors (Lipinski definition) is 3. The molecule has 0 aliphatic rings. The maximum absolute atomic E-state index is 11.3. The third-order valence-electron chi connectivity index (χ3n) is 2.09. The number of benzene rings is 1. The number of carbonyl (C=O) groups excluding carboxylic acids is 2. The largest absolute Gasteiger partial charge is 0.479 e. The minimum atomic E-state index is -1.24. The van der Waals surface area contributed by atoms with E-state index in [4.69, 9.17) is 5.11 Å². The van der Waals surface area contributed by atoms with Crippen LogP contribution in [-0.2, 0) is 14.4 Å². The summed E-state index contributed by atoms with van der Waals surface area (Å²) in [5, 5.41) is 13.2. The number of aliphatic carboxylic acids is 1. The highest BCUT2D eigenvalue weighted by Gasteiger charge is 2.24. The molecule has 2 amide bonds. The first kappa shape index (κ1) is 12.7. The monoisotopic (exact) mass is 236 g/mol. The van der Waals surface area contributed by atoms with Gasteiger partial charge in [0.25, 0.3) is 0 Å². The number of carboxylic acids is 1. The Morgan fingerprint density at radius 2 is 1.71 bits per heavy atom. The molecule has 0 radical (unpaired) electrons. The van der Waals surface area contributed by atoms with Crippen LogP contribution in [0.25, 0.3) is 0 Å². The quantitative estimate of drug-likeness (QED) is 0.626. The smallest absolute Gasteiger partial charge is 0.330 e. The third kappa shape index (κ3) is 3.30. The molecule has 0 spiro atoms. The van der Waals surface area contributed by atoms with Crippen molar-refractivity contribution in [1.82, 2.24) is 10.6 Å². The number of carboxylic acid groups (broad SMARTS) is 1. The van der Waals surface area contributed by atoms with E-state index in [0.717, 1.165) is 0 Å². The molecule has 1 rings (SSSR count). The van der Waals surface area contributed by atoms with Gasteiger partial charge in [0.1, 0.15) is 0 Å². The molecule has 6 nitrogen and oxygen atoms in total. The molecule has 0 fully saturated rings. The normalized spacial score (nSPS) is 11.4. The Morgan fingerprint density at radius 3 is 2.18 bits per heavy atom. The summed E-state index contributed by atoms with van der Waals surface area (Å²) >= 11 is 0. The van der Waals surface area contributed by atoms with E-state index in [-0.39, 0.29) is 0 Å². The molecule has 0 aliphatic carbocycles. The highest BCUT2D eigenvalue weighted by molar-refractivity contribution is 6.35. The summed E-state index contributed by atoms with van der Waals surface area (Å²) in [6.45, 7) is 0. The Balaban J connectivity index is 2.86. The predicted molar refractivity (Wildman–Crippen MR) is 59.0 cm³/mol. The zero-order chi connectivity index (χ0) is 12.8. The van der Waals surface area contributed by atoms with E-state index >= 15 is 0 Å². The van der Waals surface area contributed by atoms with Crippen LogP contribution in [0.3, 0.4) is 0 Å². The van der Waals surface area contributed by atoms with Gasteiger partial charge in [0.05, 0.1) is 0 Å². The molecule has 17 heavy (non-hydrogen) atoms. The summed E-state index contributed by atoms with van der Waals surface area (Å²) in [6.07, 6.45) is 0. The summed E-state index contributed by atoms with van der Waals surface area (Å²) in [7, 11) is 1.29. The summed E-state index contributed by atoms with van der Waals surface area (Å²) in [5.74, 6) is -3.09. The van der Waals surface area contributed by atoms with Crippen molar-refractivity contribution in [2.45, 2.75) is 6.04 Å². The minimum absolute atomic E-state index is 0.400. The molecule has 0 saturated carbocycles. The molecule has 0 heterocycles. The summed E-state index contributed by atoms with van der Waals surface area (Å²) in [6, 6.07) is 6.91. The van der Waals surface area contributed by atoms with Crippen molar-refractivity contribution in [2.75, 3.05) is 7.05 Å². The lowest BCUT2D eigenvalue weighted by Crippen LogP contribution is -2.42. The Hall–Kier alpha value is -2.37. The van der Waals surface area contributed by atoms with Gasteiger partial charge >= 0.3 is 17.8 Å². The van der Waals surface area contributed by atoms with Crippen molar-refractivity contribution in [3.8, 4) is 0 Å². The van der Waals surface area contributed by atoms with Crippen LogP contribution in [0.2, 0.25) is 0 Å². The molecule has 1 atom stereocenters. The van der Waals surface area contributed by atoms with Gasteiger partial charge in [-0.1, -0.05) is 30.3 Å². The average Bonchev–Trinajstić information content (AvgIpc) is 2.35. The maximum Gasteiger partial charge on any atom is 0.330 e. The van der Waals surface area contributed by atoms with E-state index in [0.29, 0.717) is 5.56 Å². The molecule has 0 aromatic heterocycles. The van der Waals surface area contributed by atoms with Crippen molar-refractivity contribution in [3.05, 3.63) is 35.9 Å². The van der Waals surface area contributed by atoms with Gasteiger partial charge in [0.15, 0.2) is 6.04 Å². The number of hydrogen-bond acceptors (Lipinski definition) is 3. The molecule has 90 valence electrons. The fourth-order valence-electron chi connectivity index (χ4n) is 1.24. The molecule has 1 aromatic carbocycles. The maximum atomic E-state index is 11.3. The predicted octanol–water partition coefficient (Wildman–Crippen LogP) is -0.325. The highest BCUT2D eigenvalue weighted by Crippen LogP contribution is 2.12. The standard InChI is InChI=1S/C11H12N2O4/c1-12-9(14)10(15)13-8(11(16)17)7-5-3-2-4-6-7/h2-6,8H,1H3,(H,12,14)(H,13,15)(H,16,17)/t8-/m0/s1. The number of rotatable bonds is 3. The van der Waals surface area contributed by atoms with Crippen LogP contribution in [0, 0.1) is 0 Å². The van der Waals surface area contributed by atoms with Crippen molar-refractivity contribution in [3.63, 3.8) is 0 Å². The lowest BCUT2D eigenvalue weighted by atomic mass is 10.1. The average molecular weight is 236 g/mol. The van der Waals surface area contributed by atoms with Crippen LogP contribution in [-0.4, -0.2) is 29.9 Å². The van der Waals surface area contributed by atoms with Crippen LogP contribution < -0.4 is 10.6 Å². The first-order valence-corrected chi connectivity index (χ1v) is 4.86. The zero-order valence-corrected chi connectivity index (χ0v) is 9.14. The fourth-order valence-corrected chi connectivity index (χ4v) is 1.24. The van der Waals surface area contributed by atoms with Gasteiger partial charge in [-0.15, -0.1) is 0 Å². The van der Waals surface area contributed by atoms with E-state index in [1.54, 1.807) is 30.3 Å². The molecule has 0 bridgehead atoms. The van der Waals surface area contributed by atoms with Crippen molar-refractivity contribution in [1.29, 1.82) is 0 Å². The van der Waals surface area contributed by atoms with Gasteiger partial charge in [-0.2, -0.15) is 0 Å². The zero-order valence-electron chi connectivity index (χ0n) is 9.14. The number of likely N-dealkylation sites (N-methyl/N-ethyl adjacent to an activating group) is 1. The van der Waals surface area contributed by atoms with Gasteiger partial charge in [-0.3, -0.25) is 9.59 Å². The molecule has 3 N–H and O–H groups in total. The second-order valence-electron chi connectivity index (χ2n) is 3.23. The Labute approximate surface area is 97.6 Å². The first-order valence-electron chi connectivity index (χ1n) is 4.86. The van der Waals surface area contributed by atoms with Crippen molar-refractivity contribution >= 4 is 17.8 Å². The third-order valence-corrected chi connectivity index (χ3v) is 2.09. The minimum Gasteiger partial charge on any atom is -0.479 e. The second kappa shape index (κ2) is 5.64. The molecule has 1 aromatic rings. The summed E-state index contributed by atoms with van der Waals surface area (Å²) in [4.78, 5) is 33.3. The fraction of sp³-hybridized carbons (Fsp3) is 0.182. The number of amides is 2. The molecular weight excluding hydrogens is 224 g/mol. The van der Waals surface area contributed by atoms with E-state index in [1.807, 2.05) is 0 Å².